The summed E-state index contributed by atoms with van der Waals surface area (Å²) in [6.45, 7) is 4.19. The number of fused-ring (bicyclic) bond motifs is 1. The van der Waals surface area contributed by atoms with Crippen LogP contribution in [-0.2, 0) is 15.9 Å². The van der Waals surface area contributed by atoms with Crippen LogP contribution in [0.1, 0.15) is 53.5 Å². The Kier molecular flexibility index (Phi) is 7.97. The lowest BCUT2D eigenvalue weighted by molar-refractivity contribution is -0.141. The zero-order valence-corrected chi connectivity index (χ0v) is 22.6. The Morgan fingerprint density at radius 3 is 2.11 bits per heavy atom. The van der Waals surface area contributed by atoms with Crippen LogP contribution < -0.4 is 9.64 Å². The first-order valence-corrected chi connectivity index (χ1v) is 13.5. The van der Waals surface area contributed by atoms with E-state index < -0.39 is 0 Å². The highest BCUT2D eigenvalue weighted by atomic mass is 16.7. The third kappa shape index (κ3) is 5.46. The first-order chi connectivity index (χ1) is 18.1. The summed E-state index contributed by atoms with van der Waals surface area (Å²) in [7, 11) is 5.22. The molecule has 37 heavy (non-hydrogen) atoms. The van der Waals surface area contributed by atoms with Crippen molar-refractivity contribution < 1.29 is 14.2 Å². The minimum absolute atomic E-state index is 0.106. The lowest BCUT2D eigenvalue weighted by Crippen LogP contribution is -2.39. The molecule has 0 amide bonds. The molecule has 3 aromatic carbocycles. The van der Waals surface area contributed by atoms with Crippen molar-refractivity contribution in [2.45, 2.75) is 45.3 Å². The second-order valence-corrected chi connectivity index (χ2v) is 10.3. The summed E-state index contributed by atoms with van der Waals surface area (Å²) in [6.07, 6.45) is 5.29. The van der Waals surface area contributed by atoms with Gasteiger partial charge < -0.3 is 19.1 Å². The van der Waals surface area contributed by atoms with Crippen molar-refractivity contribution in [2.24, 2.45) is 5.92 Å². The van der Waals surface area contributed by atoms with Gasteiger partial charge in [0.2, 0.25) is 0 Å². The molecular formula is C33H39NO3. The van der Waals surface area contributed by atoms with E-state index in [0.717, 1.165) is 50.9 Å². The van der Waals surface area contributed by atoms with Crippen LogP contribution in [0.15, 0.2) is 66.7 Å². The van der Waals surface area contributed by atoms with Gasteiger partial charge in [-0.1, -0.05) is 48.0 Å². The van der Waals surface area contributed by atoms with Crippen LogP contribution in [0, 0.1) is 12.8 Å². The van der Waals surface area contributed by atoms with Crippen molar-refractivity contribution in [2.75, 3.05) is 39.3 Å². The second kappa shape index (κ2) is 11.5. The second-order valence-electron chi connectivity index (χ2n) is 10.3. The summed E-state index contributed by atoms with van der Waals surface area (Å²) < 4.78 is 16.6. The molecule has 5 rings (SSSR count). The van der Waals surface area contributed by atoms with Gasteiger partial charge in [0.15, 0.2) is 6.29 Å². The lowest BCUT2D eigenvalue weighted by Gasteiger charge is -2.36. The van der Waals surface area contributed by atoms with E-state index in [0.29, 0.717) is 5.92 Å². The topological polar surface area (TPSA) is 30.9 Å². The number of aryl methyl sites for hydroxylation is 2. The number of piperidine rings is 1. The van der Waals surface area contributed by atoms with E-state index in [4.69, 9.17) is 14.2 Å². The Morgan fingerprint density at radius 1 is 0.784 bits per heavy atom. The Morgan fingerprint density at radius 2 is 1.46 bits per heavy atom. The molecule has 4 nitrogen and oxygen atoms in total. The molecule has 0 N–H and O–H groups in total. The number of nitrogens with zero attached hydrogens (tertiary/aromatic N) is 1. The number of hydrogen-bond acceptors (Lipinski definition) is 4. The molecule has 1 aliphatic heterocycles. The van der Waals surface area contributed by atoms with Gasteiger partial charge in [0.05, 0.1) is 7.11 Å². The third-order valence-corrected chi connectivity index (χ3v) is 8.07. The number of hydrogen-bond donors (Lipinski definition) is 0. The van der Waals surface area contributed by atoms with Crippen molar-refractivity contribution in [3.05, 3.63) is 94.5 Å². The van der Waals surface area contributed by atoms with Gasteiger partial charge in [-0.25, -0.2) is 0 Å². The van der Waals surface area contributed by atoms with E-state index in [-0.39, 0.29) is 6.29 Å². The van der Waals surface area contributed by atoms with Gasteiger partial charge in [-0.3, -0.25) is 0 Å². The molecule has 0 saturated carbocycles. The van der Waals surface area contributed by atoms with Crippen molar-refractivity contribution >= 4 is 16.8 Å². The Hall–Kier alpha value is -3.08. The molecule has 0 atom stereocenters. The largest absolute Gasteiger partial charge is 0.497 e. The van der Waals surface area contributed by atoms with Crippen LogP contribution in [0.4, 0.5) is 5.69 Å². The third-order valence-electron chi connectivity index (χ3n) is 8.07. The molecule has 0 bridgehead atoms. The van der Waals surface area contributed by atoms with E-state index in [9.17, 15) is 0 Å². The highest BCUT2D eigenvalue weighted by molar-refractivity contribution is 6.00. The summed E-state index contributed by atoms with van der Waals surface area (Å²) in [4.78, 5) is 2.49. The molecule has 0 aromatic heterocycles. The van der Waals surface area contributed by atoms with E-state index in [1.165, 1.54) is 44.7 Å². The monoisotopic (exact) mass is 497 g/mol. The first kappa shape index (κ1) is 25.6. The molecule has 1 saturated heterocycles. The fourth-order valence-corrected chi connectivity index (χ4v) is 6.01. The quantitative estimate of drug-likeness (QED) is 0.325. The van der Waals surface area contributed by atoms with Crippen molar-refractivity contribution in [3.63, 3.8) is 0 Å². The maximum atomic E-state index is 5.57. The standard InChI is InChI=1S/C33H39NO3/c1-23-8-10-24(11-9-23)30-7-5-6-27-22-29(35-2)16-17-31(27)32(30)25-12-14-28(15-13-25)34-20-18-26(19-21-34)33(36-3)37-4/h8-17,22,26,33H,5-7,18-21H2,1-4H3. The summed E-state index contributed by atoms with van der Waals surface area (Å²) in [6, 6.07) is 24.8. The van der Waals surface area contributed by atoms with Gasteiger partial charge >= 0.3 is 0 Å². The summed E-state index contributed by atoms with van der Waals surface area (Å²) in [5.41, 5.74) is 10.7. The molecule has 1 heterocycles. The SMILES string of the molecule is COc1ccc2c(c1)CCCC(c1ccc(C)cc1)=C2c1ccc(N2CCC(C(OC)OC)CC2)cc1. The summed E-state index contributed by atoms with van der Waals surface area (Å²) in [5, 5.41) is 0. The van der Waals surface area contributed by atoms with Gasteiger partial charge in [0.25, 0.3) is 0 Å². The van der Waals surface area contributed by atoms with Crippen molar-refractivity contribution in [3.8, 4) is 5.75 Å². The normalized spacial score (nSPS) is 16.6. The van der Waals surface area contributed by atoms with Gasteiger partial charge in [-0.05, 0) is 96.7 Å². The van der Waals surface area contributed by atoms with Crippen LogP contribution in [-0.4, -0.2) is 40.7 Å². The lowest BCUT2D eigenvalue weighted by atomic mass is 9.87. The first-order valence-electron chi connectivity index (χ1n) is 13.5. The maximum Gasteiger partial charge on any atom is 0.159 e. The minimum atomic E-state index is -0.106. The van der Waals surface area contributed by atoms with E-state index in [2.05, 4.69) is 78.6 Å². The van der Waals surface area contributed by atoms with E-state index in [1.54, 1.807) is 21.3 Å². The molecule has 194 valence electrons. The molecule has 1 fully saturated rings. The van der Waals surface area contributed by atoms with Crippen LogP contribution >= 0.6 is 0 Å². The fourth-order valence-electron chi connectivity index (χ4n) is 6.01. The van der Waals surface area contributed by atoms with Crippen molar-refractivity contribution in [1.82, 2.24) is 0 Å². The van der Waals surface area contributed by atoms with Crippen LogP contribution in [0.5, 0.6) is 5.75 Å². The zero-order valence-electron chi connectivity index (χ0n) is 22.6. The van der Waals surface area contributed by atoms with Gasteiger partial charge in [-0.2, -0.15) is 0 Å². The number of anilines is 1. The van der Waals surface area contributed by atoms with Gasteiger partial charge in [0, 0.05) is 38.9 Å². The fraction of sp³-hybridized carbons (Fsp3) is 0.394. The maximum absolute atomic E-state index is 5.57. The average Bonchev–Trinajstić information content (AvgIpc) is 3.14. The summed E-state index contributed by atoms with van der Waals surface area (Å²) in [5.74, 6) is 1.38. The highest BCUT2D eigenvalue weighted by Crippen LogP contribution is 2.41. The van der Waals surface area contributed by atoms with Crippen LogP contribution in [0.3, 0.4) is 0 Å². The van der Waals surface area contributed by atoms with Crippen molar-refractivity contribution in [1.29, 1.82) is 0 Å². The molecule has 0 radical (unpaired) electrons. The smallest absolute Gasteiger partial charge is 0.159 e. The Balaban J connectivity index is 1.49. The Bertz CT molecular complexity index is 1220. The molecule has 4 heteroatoms. The number of methoxy groups -OCH3 is 3. The number of benzene rings is 3. The molecular weight excluding hydrogens is 458 g/mol. The highest BCUT2D eigenvalue weighted by Gasteiger charge is 2.27. The van der Waals surface area contributed by atoms with E-state index in [1.807, 2.05) is 0 Å². The Labute approximate surface area is 221 Å². The predicted octanol–water partition coefficient (Wildman–Crippen LogP) is 7.13. The number of allylic oxidation sites excluding steroid dienone is 1. The molecule has 0 spiro atoms. The minimum Gasteiger partial charge on any atom is -0.497 e. The average molecular weight is 498 g/mol. The molecule has 3 aromatic rings. The molecule has 2 aliphatic rings. The van der Waals surface area contributed by atoms with Gasteiger partial charge in [0.1, 0.15) is 5.75 Å². The predicted molar refractivity (Wildman–Crippen MR) is 152 cm³/mol. The number of rotatable bonds is 7. The van der Waals surface area contributed by atoms with Crippen LogP contribution in [0.25, 0.3) is 11.1 Å². The zero-order chi connectivity index (χ0) is 25.8. The molecule has 1 aliphatic carbocycles. The van der Waals surface area contributed by atoms with Gasteiger partial charge in [-0.15, -0.1) is 0 Å². The summed E-state index contributed by atoms with van der Waals surface area (Å²) >= 11 is 0. The van der Waals surface area contributed by atoms with E-state index >= 15 is 0 Å². The number of ether oxygens (including phenoxy) is 3. The van der Waals surface area contributed by atoms with Crippen LogP contribution in [0.2, 0.25) is 0 Å². The molecule has 0 unspecified atom stereocenters.